The van der Waals surface area contributed by atoms with Crippen LogP contribution in [0.4, 0.5) is 5.69 Å². The first kappa shape index (κ1) is 55.6. The lowest BCUT2D eigenvalue weighted by molar-refractivity contribution is -0.163. The molecule has 2 aromatic rings. The number of alkyl halides is 1. The van der Waals surface area contributed by atoms with Gasteiger partial charge in [0.2, 0.25) is 0 Å². The van der Waals surface area contributed by atoms with Gasteiger partial charge in [0, 0.05) is 110 Å². The minimum absolute atomic E-state index is 0.00575. The van der Waals surface area contributed by atoms with Crippen LogP contribution in [0.2, 0.25) is 0 Å². The van der Waals surface area contributed by atoms with E-state index in [1.54, 1.807) is 46.8 Å². The summed E-state index contributed by atoms with van der Waals surface area (Å²) < 4.78 is 30.4. The zero-order valence-corrected chi connectivity index (χ0v) is 45.3. The number of likely N-dealkylation sites (tertiary alicyclic amines) is 2. The number of halogens is 1. The molecule has 1 amide bonds. The van der Waals surface area contributed by atoms with Gasteiger partial charge in [-0.1, -0.05) is 75.4 Å². The molecule has 6 aliphatic heterocycles. The molecule has 6 heterocycles. The third-order valence-electron chi connectivity index (χ3n) is 15.1. The highest BCUT2D eigenvalue weighted by molar-refractivity contribution is 14.1. The van der Waals surface area contributed by atoms with Crippen LogP contribution in [-0.4, -0.2) is 147 Å². The second-order valence-corrected chi connectivity index (χ2v) is 22.7. The van der Waals surface area contributed by atoms with Crippen molar-refractivity contribution in [1.29, 1.82) is 0 Å². The van der Waals surface area contributed by atoms with Gasteiger partial charge in [-0.05, 0) is 45.7 Å². The topological polar surface area (TPSA) is 239 Å². The van der Waals surface area contributed by atoms with Gasteiger partial charge in [0.05, 0.1) is 41.2 Å². The number of nitrogens with zero attached hydrogens (tertiary/aromatic N) is 4. The second-order valence-electron chi connectivity index (χ2n) is 20.6. The van der Waals surface area contributed by atoms with Crippen molar-refractivity contribution in [2.75, 3.05) is 52.2 Å². The van der Waals surface area contributed by atoms with Crippen LogP contribution in [0, 0.1) is 42.9 Å². The standard InChI is InChI=1S/C54H70IN5O13/c1-11-54-51(67)41-39-40(47(65)34(8)50(41)73-54)48(66)44(43-42(39)57-53(58-43)20-23-60(24-21-53)26-30(4)55)56-52(68)29(3)15-12-14-28(2)45(63)32(6)46(64)33(7)49(31(5)36(69-10)19-25-70-54)72-38(62)17-13-16-37(61)71-35-18-22-59(9)27-35/h1,12,14-15,19,25,28,30-33,35-36,45-46,49,57,63-66H,13,16-18,20-24,26-27H2,2-10H3/b14-12+,25-19+,29-15-,56-44?/t28-,30?,31+,32+,33+,35?,36-,45-,46+,49+,54-/m0/s1. The van der Waals surface area contributed by atoms with Gasteiger partial charge in [0.15, 0.2) is 5.75 Å². The fraction of sp³-hybridized carbons (Fsp3) is 0.593. The number of esters is 2. The number of ketones is 1. The minimum Gasteiger partial charge on any atom is -0.507 e. The van der Waals surface area contributed by atoms with Crippen molar-refractivity contribution in [3.63, 3.8) is 0 Å². The number of hydrogen-bond donors (Lipinski definition) is 5. The van der Waals surface area contributed by atoms with Gasteiger partial charge in [-0.2, -0.15) is 0 Å². The molecule has 19 heteroatoms. The molecule has 5 bridgehead atoms. The number of carbonyl (C=O) groups excluding carboxylic acids is 4. The van der Waals surface area contributed by atoms with Crippen LogP contribution in [0.25, 0.3) is 10.8 Å². The van der Waals surface area contributed by atoms with E-state index in [4.69, 9.17) is 35.1 Å². The number of rotatable bonds is 9. The third-order valence-corrected chi connectivity index (χ3v) is 15.5. The number of anilines is 1. The van der Waals surface area contributed by atoms with E-state index in [-0.39, 0.29) is 75.0 Å². The fourth-order valence-electron chi connectivity index (χ4n) is 10.7. The summed E-state index contributed by atoms with van der Waals surface area (Å²) in [5.74, 6) is -6.62. The zero-order chi connectivity index (χ0) is 53.3. The van der Waals surface area contributed by atoms with Crippen LogP contribution in [-0.2, 0) is 33.3 Å². The van der Waals surface area contributed by atoms with Gasteiger partial charge < -0.3 is 59.2 Å². The predicted molar refractivity (Wildman–Crippen MR) is 280 cm³/mol. The van der Waals surface area contributed by atoms with E-state index in [0.29, 0.717) is 36.4 Å². The molecule has 0 aliphatic carbocycles. The molecule has 73 heavy (non-hydrogen) atoms. The highest BCUT2D eigenvalue weighted by Gasteiger charge is 2.53. The van der Waals surface area contributed by atoms with Gasteiger partial charge in [-0.15, -0.1) is 6.42 Å². The number of carbonyl (C=O) groups is 4. The first-order chi connectivity index (χ1) is 34.5. The lowest BCUT2D eigenvalue weighted by Crippen LogP contribution is -2.47. The van der Waals surface area contributed by atoms with E-state index >= 15 is 4.79 Å². The summed E-state index contributed by atoms with van der Waals surface area (Å²) in [6.07, 6.45) is 10.9. The number of aliphatic hydroxyl groups is 2. The number of fused-ring (bicyclic) bond motifs is 13. The van der Waals surface area contributed by atoms with Crippen LogP contribution in [0.15, 0.2) is 46.1 Å². The molecule has 0 aromatic heterocycles. The number of benzene rings is 2. The number of methoxy groups -OCH3 is 1. The summed E-state index contributed by atoms with van der Waals surface area (Å²) in [4.78, 5) is 69.2. The molecule has 2 fully saturated rings. The second kappa shape index (κ2) is 22.8. The summed E-state index contributed by atoms with van der Waals surface area (Å²) in [6, 6.07) is 0. The SMILES string of the molecule is C#C[C@@]12O/C=C/[C@H](OC)[C@@H](C)[C@@H](OC(=O)CCCC(=O)OC3CCN(C)C3)[C@H](C)[C@H](O)[C@H](C)[C@@H](O)[C@@H](C)/C=C/C=C(/C)C(=O)N=c3c(O)c4c(O)c(C)c(c(c4c4c3=NC3(CCN(CC(C)I)CC3)N4)C1=O)O2. The largest absolute Gasteiger partial charge is 0.507 e. The van der Waals surface area contributed by atoms with E-state index in [1.165, 1.54) is 26.2 Å². The van der Waals surface area contributed by atoms with Gasteiger partial charge in [0.1, 0.15) is 40.1 Å². The van der Waals surface area contributed by atoms with E-state index in [1.807, 2.05) is 7.05 Å². The third kappa shape index (κ3) is 11.4. The maximum atomic E-state index is 15.0. The molecular weight excluding hydrogens is 1050 g/mol. The number of aromatic hydroxyl groups is 2. The number of ether oxygens (including phenoxy) is 5. The van der Waals surface area contributed by atoms with Crippen LogP contribution >= 0.6 is 22.6 Å². The molecule has 2 saturated heterocycles. The number of likely N-dealkylation sites (N-methyl/N-ethyl adjacent to an activating group) is 1. The maximum absolute atomic E-state index is 15.0. The van der Waals surface area contributed by atoms with Crippen LogP contribution in [0.1, 0.15) is 96.0 Å². The summed E-state index contributed by atoms with van der Waals surface area (Å²) in [7, 11) is 3.38. The molecule has 11 atom stereocenters. The van der Waals surface area contributed by atoms with Crippen molar-refractivity contribution in [2.45, 2.75) is 133 Å². The Hall–Kier alpha value is -5.11. The molecule has 396 valence electrons. The number of phenols is 2. The Morgan fingerprint density at radius 3 is 2.29 bits per heavy atom. The Bertz CT molecular complexity index is 2750. The highest BCUT2D eigenvalue weighted by atomic mass is 127. The zero-order valence-electron chi connectivity index (χ0n) is 43.1. The van der Waals surface area contributed by atoms with Crippen LogP contribution in [0.3, 0.4) is 0 Å². The van der Waals surface area contributed by atoms with Gasteiger partial charge in [-0.3, -0.25) is 24.2 Å². The van der Waals surface area contributed by atoms with Gasteiger partial charge >= 0.3 is 17.7 Å². The summed E-state index contributed by atoms with van der Waals surface area (Å²) >= 11 is 2.39. The van der Waals surface area contributed by atoms with Crippen LogP contribution < -0.4 is 20.8 Å². The number of Topliss-reactive ketones (excluding diaryl/α,β-unsaturated/α-hetero) is 1. The Balaban J connectivity index is 1.29. The Morgan fingerprint density at radius 1 is 0.973 bits per heavy atom. The van der Waals surface area contributed by atoms with Crippen molar-refractivity contribution < 1.29 is 63.3 Å². The lowest BCUT2D eigenvalue weighted by Gasteiger charge is -2.38. The summed E-state index contributed by atoms with van der Waals surface area (Å²) in [5, 5.41) is 51.1. The molecule has 5 N–H and O–H groups in total. The fourth-order valence-corrected chi connectivity index (χ4v) is 11.2. The van der Waals surface area contributed by atoms with Crippen molar-refractivity contribution >= 4 is 62.7 Å². The first-order valence-corrected chi connectivity index (χ1v) is 26.4. The van der Waals surface area contributed by atoms with E-state index in [0.717, 1.165) is 25.8 Å². The average Bonchev–Trinajstić information content (AvgIpc) is 4.03. The normalized spacial score (nSPS) is 31.8. The van der Waals surface area contributed by atoms with Crippen molar-refractivity contribution in [3.05, 3.63) is 58.0 Å². The lowest BCUT2D eigenvalue weighted by atomic mass is 9.78. The highest BCUT2D eigenvalue weighted by Crippen LogP contribution is 2.51. The number of phenolic OH excluding ortho intramolecular Hbond substituents is 2. The molecule has 6 aliphatic rings. The number of hydrogen-bond acceptors (Lipinski definition) is 17. The first-order valence-electron chi connectivity index (χ1n) is 25.1. The molecule has 8 rings (SSSR count). The summed E-state index contributed by atoms with van der Waals surface area (Å²) in [5.41, 5.74) is -0.554. The van der Waals surface area contributed by atoms with E-state index in [2.05, 4.69) is 55.5 Å². The van der Waals surface area contributed by atoms with Crippen molar-refractivity contribution in [2.24, 2.45) is 33.7 Å². The van der Waals surface area contributed by atoms with Crippen molar-refractivity contribution in [3.8, 4) is 29.6 Å². The van der Waals surface area contributed by atoms with Gasteiger partial charge in [0.25, 0.3) is 11.7 Å². The average molecular weight is 1120 g/mol. The quantitative estimate of drug-likeness (QED) is 0.0736. The molecule has 1 spiro atoms. The molecular formula is C54H70IN5O13. The van der Waals surface area contributed by atoms with Crippen LogP contribution in [0.5, 0.6) is 17.2 Å². The Kier molecular flexibility index (Phi) is 17.4. The van der Waals surface area contributed by atoms with E-state index < -0.39 is 94.7 Å². The maximum Gasteiger partial charge on any atom is 0.383 e. The summed E-state index contributed by atoms with van der Waals surface area (Å²) in [6.45, 7) is 15.8. The predicted octanol–water partition coefficient (Wildman–Crippen LogP) is 4.93. The number of allylic oxidation sites excluding steroid dienone is 2. The molecule has 2 aromatic carbocycles. The molecule has 2 unspecified atom stereocenters. The Labute approximate surface area is 440 Å². The monoisotopic (exact) mass is 1120 g/mol. The number of nitrogens with one attached hydrogen (secondary N) is 1. The van der Waals surface area contributed by atoms with Gasteiger partial charge in [-0.25, -0.2) is 4.99 Å². The minimum atomic E-state index is -2.43. The smallest absolute Gasteiger partial charge is 0.383 e. The molecule has 0 saturated carbocycles. The van der Waals surface area contributed by atoms with E-state index in [9.17, 15) is 34.8 Å². The molecule has 0 radical (unpaired) electrons. The number of terminal acetylenes is 1. The number of piperidine rings is 1. The molecule has 18 nitrogen and oxygen atoms in total. The van der Waals surface area contributed by atoms with Crippen molar-refractivity contribution in [1.82, 2.24) is 9.80 Å². The number of amides is 1. The Morgan fingerprint density at radius 2 is 1.66 bits per heavy atom. The number of aliphatic hydroxyl groups excluding tert-OH is 2.